The first-order valence-corrected chi connectivity index (χ1v) is 8.43. The fourth-order valence-corrected chi connectivity index (χ4v) is 2.99. The molecule has 0 saturated carbocycles. The lowest BCUT2D eigenvalue weighted by Gasteiger charge is -2.23. The quantitative estimate of drug-likeness (QED) is 0.736. The Labute approximate surface area is 140 Å². The van der Waals surface area contributed by atoms with E-state index >= 15 is 0 Å². The molecule has 0 aromatic heterocycles. The fourth-order valence-electron chi connectivity index (χ4n) is 2.08. The molecule has 24 heavy (non-hydrogen) atoms. The van der Waals surface area contributed by atoms with Gasteiger partial charge in [0.25, 0.3) is 0 Å². The summed E-state index contributed by atoms with van der Waals surface area (Å²) in [6.45, 7) is 1.77. The summed E-state index contributed by atoms with van der Waals surface area (Å²) in [5.41, 5.74) is 0.458. The van der Waals surface area contributed by atoms with Crippen LogP contribution < -0.4 is 9.47 Å². The van der Waals surface area contributed by atoms with Crippen molar-refractivity contribution in [2.45, 2.75) is 6.92 Å². The van der Waals surface area contributed by atoms with Crippen molar-refractivity contribution in [3.63, 3.8) is 0 Å². The number of nitrogens with zero attached hydrogens (tertiary/aromatic N) is 2. The molecule has 1 aromatic rings. The molecular weight excluding hydrogens is 336 g/mol. The Morgan fingerprint density at radius 3 is 2.46 bits per heavy atom. The number of ether oxygens (including phenoxy) is 3. The zero-order chi connectivity index (χ0) is 17.9. The summed E-state index contributed by atoms with van der Waals surface area (Å²) in [5.74, 6) is 0.170. The number of methoxy groups -OCH3 is 2. The van der Waals surface area contributed by atoms with Crippen LogP contribution in [0, 0.1) is 0 Å². The first kappa shape index (κ1) is 17.8. The Morgan fingerprint density at radius 2 is 1.88 bits per heavy atom. The summed E-state index contributed by atoms with van der Waals surface area (Å²) in [4.78, 5) is 12.0. The lowest BCUT2D eigenvalue weighted by molar-refractivity contribution is -0.139. The van der Waals surface area contributed by atoms with Gasteiger partial charge in [-0.2, -0.15) is 8.42 Å². The minimum atomic E-state index is -4.03. The van der Waals surface area contributed by atoms with Crippen molar-refractivity contribution in [2.24, 2.45) is 4.40 Å². The Bertz CT molecular complexity index is 813. The van der Waals surface area contributed by atoms with Gasteiger partial charge in [0.15, 0.2) is 11.5 Å². The number of carbonyl (C=O) groups is 1. The average Bonchev–Trinajstić information content (AvgIpc) is 2.56. The van der Waals surface area contributed by atoms with E-state index in [2.05, 4.69) is 4.40 Å². The smallest absolute Gasteiger partial charge is 0.355 e. The molecule has 9 heteroatoms. The van der Waals surface area contributed by atoms with Gasteiger partial charge >= 0.3 is 16.2 Å². The van der Waals surface area contributed by atoms with E-state index in [1.54, 1.807) is 25.1 Å². The SMILES string of the molecule is CCOC(=O)C1=CC(c2ccc(OC)c(OC)c2)=NS(=O)(=O)N1C. The third kappa shape index (κ3) is 3.35. The zero-order valence-electron chi connectivity index (χ0n) is 13.8. The highest BCUT2D eigenvalue weighted by Gasteiger charge is 2.31. The molecule has 0 amide bonds. The number of allylic oxidation sites excluding steroid dienone is 1. The van der Waals surface area contributed by atoms with E-state index in [4.69, 9.17) is 14.2 Å². The fraction of sp³-hybridized carbons (Fsp3) is 0.333. The average molecular weight is 354 g/mol. The Hall–Kier alpha value is -2.55. The normalized spacial score (nSPS) is 16.1. The number of likely N-dealkylation sites (N-methyl/N-ethyl adjacent to an activating group) is 1. The van der Waals surface area contributed by atoms with E-state index < -0.39 is 16.2 Å². The van der Waals surface area contributed by atoms with E-state index in [0.29, 0.717) is 17.1 Å². The molecule has 0 unspecified atom stereocenters. The monoisotopic (exact) mass is 354 g/mol. The van der Waals surface area contributed by atoms with Crippen LogP contribution in [0.4, 0.5) is 0 Å². The van der Waals surface area contributed by atoms with Gasteiger partial charge in [-0.3, -0.25) is 0 Å². The Morgan fingerprint density at radius 1 is 1.21 bits per heavy atom. The van der Waals surface area contributed by atoms with Gasteiger partial charge in [-0.15, -0.1) is 4.40 Å². The van der Waals surface area contributed by atoms with Crippen LogP contribution in [0.15, 0.2) is 34.4 Å². The largest absolute Gasteiger partial charge is 0.493 e. The van der Waals surface area contributed by atoms with Gasteiger partial charge in [-0.05, 0) is 31.2 Å². The lowest BCUT2D eigenvalue weighted by Crippen LogP contribution is -2.34. The standard InChI is InChI=1S/C15H18N2O6S/c1-5-23-15(18)12-9-11(16-24(19,20)17(12)2)10-6-7-13(21-3)14(8-10)22-4/h6-9H,5H2,1-4H3. The van der Waals surface area contributed by atoms with Gasteiger partial charge in [0.1, 0.15) is 5.70 Å². The molecule has 0 bridgehead atoms. The van der Waals surface area contributed by atoms with Gasteiger partial charge in [0.2, 0.25) is 0 Å². The molecule has 8 nitrogen and oxygen atoms in total. The van der Waals surface area contributed by atoms with Gasteiger partial charge < -0.3 is 14.2 Å². The predicted molar refractivity (Wildman–Crippen MR) is 87.5 cm³/mol. The minimum absolute atomic E-state index is 0.108. The molecule has 0 saturated heterocycles. The summed E-state index contributed by atoms with van der Waals surface area (Å²) in [7, 11) is 0.177. The summed E-state index contributed by atoms with van der Waals surface area (Å²) < 4.78 is 44.1. The van der Waals surface area contributed by atoms with Crippen molar-refractivity contribution in [1.82, 2.24) is 4.31 Å². The second-order valence-corrected chi connectivity index (χ2v) is 6.37. The van der Waals surface area contributed by atoms with Crippen LogP contribution in [0.3, 0.4) is 0 Å². The molecule has 2 rings (SSSR count). The molecule has 1 aliphatic heterocycles. The number of rotatable bonds is 5. The van der Waals surface area contributed by atoms with Gasteiger partial charge in [-0.25, -0.2) is 9.10 Å². The first-order chi connectivity index (χ1) is 11.3. The maximum absolute atomic E-state index is 12.2. The number of benzene rings is 1. The van der Waals surface area contributed by atoms with Crippen molar-refractivity contribution < 1.29 is 27.4 Å². The molecule has 0 radical (unpaired) electrons. The van der Waals surface area contributed by atoms with Crippen LogP contribution in [-0.4, -0.2) is 52.3 Å². The highest BCUT2D eigenvalue weighted by atomic mass is 32.2. The molecule has 1 heterocycles. The lowest BCUT2D eigenvalue weighted by atomic mass is 10.1. The summed E-state index contributed by atoms with van der Waals surface area (Å²) >= 11 is 0. The van der Waals surface area contributed by atoms with Gasteiger partial charge in [0.05, 0.1) is 26.5 Å². The minimum Gasteiger partial charge on any atom is -0.493 e. The van der Waals surface area contributed by atoms with Crippen molar-refractivity contribution >= 4 is 21.9 Å². The Balaban J connectivity index is 2.54. The predicted octanol–water partition coefficient (Wildman–Crippen LogP) is 1.13. The molecular formula is C15H18N2O6S. The molecule has 1 aromatic carbocycles. The summed E-state index contributed by atoms with van der Waals surface area (Å²) in [6.07, 6.45) is 1.36. The highest BCUT2D eigenvalue weighted by molar-refractivity contribution is 7.88. The molecule has 0 fully saturated rings. The zero-order valence-corrected chi connectivity index (χ0v) is 14.6. The van der Waals surface area contributed by atoms with Crippen molar-refractivity contribution in [3.05, 3.63) is 35.5 Å². The van der Waals surface area contributed by atoms with Crippen molar-refractivity contribution in [1.29, 1.82) is 0 Å². The van der Waals surface area contributed by atoms with Crippen LogP contribution in [0.2, 0.25) is 0 Å². The van der Waals surface area contributed by atoms with E-state index in [0.717, 1.165) is 4.31 Å². The molecule has 0 N–H and O–H groups in total. The Kier molecular flexibility index (Phi) is 5.13. The number of hydrogen-bond acceptors (Lipinski definition) is 6. The van der Waals surface area contributed by atoms with Crippen LogP contribution >= 0.6 is 0 Å². The molecule has 130 valence electrons. The third-order valence-corrected chi connectivity index (χ3v) is 4.65. The van der Waals surface area contributed by atoms with Crippen LogP contribution in [0.1, 0.15) is 12.5 Å². The second kappa shape index (κ2) is 6.91. The van der Waals surface area contributed by atoms with E-state index in [9.17, 15) is 13.2 Å². The molecule has 0 atom stereocenters. The van der Waals surface area contributed by atoms with Crippen LogP contribution in [-0.2, 0) is 19.7 Å². The van der Waals surface area contributed by atoms with E-state index in [1.165, 1.54) is 27.3 Å². The molecule has 0 spiro atoms. The number of esters is 1. The van der Waals surface area contributed by atoms with Gasteiger partial charge in [-0.1, -0.05) is 0 Å². The second-order valence-electron chi connectivity index (χ2n) is 4.74. The first-order valence-electron chi connectivity index (χ1n) is 7.04. The molecule has 1 aliphatic rings. The van der Waals surface area contributed by atoms with E-state index in [1.807, 2.05) is 0 Å². The number of carbonyl (C=O) groups excluding carboxylic acids is 1. The number of hydrogen-bond donors (Lipinski definition) is 0. The van der Waals surface area contributed by atoms with Crippen LogP contribution in [0.25, 0.3) is 0 Å². The molecule has 0 aliphatic carbocycles. The highest BCUT2D eigenvalue weighted by Crippen LogP contribution is 2.29. The maximum Gasteiger partial charge on any atom is 0.355 e. The van der Waals surface area contributed by atoms with Crippen molar-refractivity contribution in [3.8, 4) is 11.5 Å². The third-order valence-electron chi connectivity index (χ3n) is 3.34. The van der Waals surface area contributed by atoms with Crippen molar-refractivity contribution in [2.75, 3.05) is 27.9 Å². The summed E-state index contributed by atoms with van der Waals surface area (Å²) in [6, 6.07) is 4.83. The maximum atomic E-state index is 12.2. The van der Waals surface area contributed by atoms with Crippen LogP contribution in [0.5, 0.6) is 11.5 Å². The van der Waals surface area contributed by atoms with Gasteiger partial charge in [0, 0.05) is 12.6 Å². The topological polar surface area (TPSA) is 94.5 Å². The summed E-state index contributed by atoms with van der Waals surface area (Å²) in [5, 5.41) is 0. The van der Waals surface area contributed by atoms with E-state index in [-0.39, 0.29) is 18.0 Å².